The van der Waals surface area contributed by atoms with E-state index in [-0.39, 0.29) is 18.5 Å². The molecule has 0 aromatic carbocycles. The number of piperidine rings is 1. The van der Waals surface area contributed by atoms with Crippen LogP contribution in [0.5, 0.6) is 0 Å². The van der Waals surface area contributed by atoms with E-state index < -0.39 is 0 Å². The fraction of sp³-hybridized carbons (Fsp3) is 0.933. The van der Waals surface area contributed by atoms with Gasteiger partial charge in [-0.15, -0.1) is 17.5 Å². The molecule has 2 aliphatic rings. The van der Waals surface area contributed by atoms with Gasteiger partial charge in [-0.1, -0.05) is 20.3 Å². The number of ether oxygens (including phenoxy) is 1. The van der Waals surface area contributed by atoms with E-state index in [0.29, 0.717) is 12.0 Å². The van der Waals surface area contributed by atoms with Gasteiger partial charge >= 0.3 is 0 Å². The number of rotatable bonds is 5. The molecule has 22 heavy (non-hydrogen) atoms. The summed E-state index contributed by atoms with van der Waals surface area (Å²) >= 11 is 0. The van der Waals surface area contributed by atoms with Gasteiger partial charge in [0.05, 0.1) is 18.7 Å². The van der Waals surface area contributed by atoms with Crippen molar-refractivity contribution in [3.63, 3.8) is 0 Å². The van der Waals surface area contributed by atoms with Crippen molar-refractivity contribution in [1.29, 1.82) is 0 Å². The maximum atomic E-state index is 5.74. The van der Waals surface area contributed by atoms with Gasteiger partial charge in [0.25, 0.3) is 0 Å². The molecule has 1 aromatic heterocycles. The lowest BCUT2D eigenvalue weighted by Gasteiger charge is -2.36. The Morgan fingerprint density at radius 2 is 1.95 bits per heavy atom. The Morgan fingerprint density at radius 1 is 1.18 bits per heavy atom. The molecule has 0 radical (unpaired) electrons. The van der Waals surface area contributed by atoms with E-state index >= 15 is 0 Å². The number of nitrogens with zero attached hydrogens (tertiary/aromatic N) is 5. The summed E-state index contributed by atoms with van der Waals surface area (Å²) in [4.78, 5) is 2.56. The summed E-state index contributed by atoms with van der Waals surface area (Å²) in [5.41, 5.74) is 0. The molecule has 0 saturated carbocycles. The van der Waals surface area contributed by atoms with E-state index in [9.17, 15) is 0 Å². The molecule has 2 atom stereocenters. The topological polar surface area (TPSA) is 56.1 Å². The first kappa shape index (κ1) is 17.6. The minimum absolute atomic E-state index is 0. The third kappa shape index (κ3) is 3.97. The van der Waals surface area contributed by atoms with Gasteiger partial charge in [0, 0.05) is 6.61 Å². The predicted octanol–water partition coefficient (Wildman–Crippen LogP) is 2.46. The first-order valence-corrected chi connectivity index (χ1v) is 8.37. The predicted molar refractivity (Wildman–Crippen MR) is 87.0 cm³/mol. The second kappa shape index (κ2) is 8.22. The molecule has 6 nitrogen and oxygen atoms in total. The molecule has 2 fully saturated rings. The summed E-state index contributed by atoms with van der Waals surface area (Å²) in [5.74, 6) is 1.53. The molecule has 3 rings (SSSR count). The van der Waals surface area contributed by atoms with E-state index in [2.05, 4.69) is 34.3 Å². The second-order valence-electron chi connectivity index (χ2n) is 6.64. The Labute approximate surface area is 139 Å². The molecule has 0 amide bonds. The Morgan fingerprint density at radius 3 is 2.59 bits per heavy atom. The minimum Gasteiger partial charge on any atom is -0.376 e. The van der Waals surface area contributed by atoms with Crippen molar-refractivity contribution in [3.05, 3.63) is 5.82 Å². The third-order valence-electron chi connectivity index (χ3n) is 4.64. The molecule has 7 heteroatoms. The van der Waals surface area contributed by atoms with Crippen LogP contribution in [-0.2, 0) is 11.3 Å². The van der Waals surface area contributed by atoms with Gasteiger partial charge in [0.2, 0.25) is 0 Å². The van der Waals surface area contributed by atoms with Gasteiger partial charge in [0.1, 0.15) is 0 Å². The molecule has 0 bridgehead atoms. The van der Waals surface area contributed by atoms with Crippen molar-refractivity contribution in [1.82, 2.24) is 25.1 Å². The smallest absolute Gasteiger partial charge is 0.168 e. The quantitative estimate of drug-likeness (QED) is 0.830. The van der Waals surface area contributed by atoms with Gasteiger partial charge < -0.3 is 4.74 Å². The average Bonchev–Trinajstić information content (AvgIpc) is 3.13. The molecular weight excluding hydrogens is 302 g/mol. The number of halogens is 1. The van der Waals surface area contributed by atoms with Crippen LogP contribution in [0.1, 0.15) is 57.8 Å². The monoisotopic (exact) mass is 329 g/mol. The van der Waals surface area contributed by atoms with Crippen molar-refractivity contribution < 1.29 is 4.74 Å². The number of tetrazole rings is 1. The first-order valence-electron chi connectivity index (χ1n) is 8.37. The first-order chi connectivity index (χ1) is 10.3. The molecule has 2 saturated heterocycles. The van der Waals surface area contributed by atoms with Crippen molar-refractivity contribution in [3.8, 4) is 0 Å². The fourth-order valence-corrected chi connectivity index (χ4v) is 3.61. The lowest BCUT2D eigenvalue weighted by molar-refractivity contribution is 0.0843. The molecule has 3 heterocycles. The number of aromatic nitrogens is 4. The highest BCUT2D eigenvalue weighted by Crippen LogP contribution is 2.30. The summed E-state index contributed by atoms with van der Waals surface area (Å²) in [6.07, 6.45) is 6.48. The Bertz CT molecular complexity index is 441. The zero-order chi connectivity index (χ0) is 14.7. The maximum absolute atomic E-state index is 5.74. The molecular formula is C15H28ClN5O. The van der Waals surface area contributed by atoms with Gasteiger partial charge in [-0.25, -0.2) is 4.68 Å². The normalized spacial score (nSPS) is 24.4. The maximum Gasteiger partial charge on any atom is 0.168 e. The van der Waals surface area contributed by atoms with Crippen LogP contribution in [0, 0.1) is 5.92 Å². The summed E-state index contributed by atoms with van der Waals surface area (Å²) in [6, 6.07) is 0.321. The van der Waals surface area contributed by atoms with Crippen LogP contribution in [0.3, 0.4) is 0 Å². The Kier molecular flexibility index (Phi) is 6.59. The van der Waals surface area contributed by atoms with Crippen LogP contribution in [0.25, 0.3) is 0 Å². The average molecular weight is 330 g/mol. The Balaban J connectivity index is 0.00000176. The zero-order valence-electron chi connectivity index (χ0n) is 13.6. The van der Waals surface area contributed by atoms with E-state index in [1.807, 2.05) is 4.68 Å². The lowest BCUT2D eigenvalue weighted by atomic mass is 9.98. The van der Waals surface area contributed by atoms with Crippen LogP contribution < -0.4 is 0 Å². The molecule has 0 N–H and O–H groups in total. The van der Waals surface area contributed by atoms with Crippen molar-refractivity contribution >= 4 is 12.4 Å². The standard InChI is InChI=1S/C15H27N5O.ClH/c1-12(2)14(19-8-4-3-5-9-19)15-16-17-18-20(15)11-13-7-6-10-21-13;/h12-14H,3-11H2,1-2H3;1H. The van der Waals surface area contributed by atoms with Crippen LogP contribution in [-0.4, -0.2) is 50.9 Å². The van der Waals surface area contributed by atoms with Crippen LogP contribution in [0.4, 0.5) is 0 Å². The number of hydrogen-bond acceptors (Lipinski definition) is 5. The Hall–Kier alpha value is -0.720. The van der Waals surface area contributed by atoms with E-state index in [1.54, 1.807) is 0 Å². The van der Waals surface area contributed by atoms with E-state index in [0.717, 1.165) is 44.9 Å². The highest BCUT2D eigenvalue weighted by molar-refractivity contribution is 5.85. The van der Waals surface area contributed by atoms with Gasteiger partial charge in [0.15, 0.2) is 5.82 Å². The summed E-state index contributed by atoms with van der Waals surface area (Å²) in [5, 5.41) is 12.5. The third-order valence-corrected chi connectivity index (χ3v) is 4.64. The lowest BCUT2D eigenvalue weighted by Crippen LogP contribution is -2.38. The highest BCUT2D eigenvalue weighted by atomic mass is 35.5. The molecule has 0 aliphatic carbocycles. The molecule has 2 aliphatic heterocycles. The largest absolute Gasteiger partial charge is 0.376 e. The van der Waals surface area contributed by atoms with Crippen molar-refractivity contribution in [2.75, 3.05) is 19.7 Å². The zero-order valence-corrected chi connectivity index (χ0v) is 14.5. The summed E-state index contributed by atoms with van der Waals surface area (Å²) in [6.45, 7) is 8.53. The minimum atomic E-state index is 0. The highest BCUT2D eigenvalue weighted by Gasteiger charge is 2.30. The van der Waals surface area contributed by atoms with Crippen LogP contribution >= 0.6 is 12.4 Å². The van der Waals surface area contributed by atoms with E-state index in [1.165, 1.54) is 19.3 Å². The van der Waals surface area contributed by atoms with E-state index in [4.69, 9.17) is 4.74 Å². The van der Waals surface area contributed by atoms with Gasteiger partial charge in [-0.05, 0) is 55.1 Å². The van der Waals surface area contributed by atoms with Gasteiger partial charge in [-0.2, -0.15) is 0 Å². The molecule has 126 valence electrons. The number of hydrogen-bond donors (Lipinski definition) is 0. The second-order valence-corrected chi connectivity index (χ2v) is 6.64. The summed E-state index contributed by atoms with van der Waals surface area (Å²) < 4.78 is 7.72. The fourth-order valence-electron chi connectivity index (χ4n) is 3.61. The SMILES string of the molecule is CC(C)C(c1nnnn1CC1CCCO1)N1CCCCC1.Cl. The van der Waals surface area contributed by atoms with Crippen LogP contribution in [0.2, 0.25) is 0 Å². The molecule has 1 aromatic rings. The summed E-state index contributed by atoms with van der Waals surface area (Å²) in [7, 11) is 0. The molecule has 0 spiro atoms. The van der Waals surface area contributed by atoms with Crippen LogP contribution in [0.15, 0.2) is 0 Å². The van der Waals surface area contributed by atoms with Crippen molar-refractivity contribution in [2.24, 2.45) is 5.92 Å². The number of likely N-dealkylation sites (tertiary alicyclic amines) is 1. The molecule has 2 unspecified atom stereocenters. The van der Waals surface area contributed by atoms with Crippen molar-refractivity contribution in [2.45, 2.75) is 64.6 Å². The van der Waals surface area contributed by atoms with Gasteiger partial charge in [-0.3, -0.25) is 4.90 Å².